The molecule has 8 rings (SSSR count). The molecule has 0 radical (unpaired) electrons. The number of fused-ring (bicyclic) bond motifs is 2. The normalized spacial score (nSPS) is 19.3. The number of imidazole rings is 1. The second-order valence-electron chi connectivity index (χ2n) is 16.4. The number of piperidine rings is 3. The third kappa shape index (κ3) is 7.83. The number of pyridine rings is 1. The highest BCUT2D eigenvalue weighted by atomic mass is 35.5. The summed E-state index contributed by atoms with van der Waals surface area (Å²) >= 11 is 6.17. The molecule has 2 aromatic carbocycles. The molecule has 3 fully saturated rings. The van der Waals surface area contributed by atoms with E-state index in [1.54, 1.807) is 46.6 Å². The maximum absolute atomic E-state index is 13.8. The lowest BCUT2D eigenvalue weighted by atomic mass is 9.88. The van der Waals surface area contributed by atoms with Gasteiger partial charge in [-0.3, -0.25) is 33.4 Å². The summed E-state index contributed by atoms with van der Waals surface area (Å²) in [6, 6.07) is 11.7. The molecule has 3 aliphatic rings. The second kappa shape index (κ2) is 16.3. The van der Waals surface area contributed by atoms with Crippen LogP contribution >= 0.6 is 11.6 Å². The van der Waals surface area contributed by atoms with Crippen LogP contribution in [0.25, 0.3) is 22.1 Å². The average molecular weight is 844 g/mol. The number of nitrogens with one attached hydrogen (secondary N) is 2. The summed E-state index contributed by atoms with van der Waals surface area (Å²) in [5, 5.41) is 5.87. The molecule has 15 nitrogen and oxygen atoms in total. The van der Waals surface area contributed by atoms with E-state index in [0.717, 1.165) is 61.2 Å². The number of hydrogen-bond donors (Lipinski definition) is 2. The van der Waals surface area contributed by atoms with Crippen molar-refractivity contribution >= 4 is 67.0 Å². The molecular formula is C42H50ClN9O6S. The maximum atomic E-state index is 13.8. The van der Waals surface area contributed by atoms with Gasteiger partial charge in [-0.25, -0.2) is 18.2 Å². The molecule has 3 saturated heterocycles. The molecule has 1 unspecified atom stereocenters. The van der Waals surface area contributed by atoms with Gasteiger partial charge in [0.1, 0.15) is 16.7 Å². The average Bonchev–Trinajstić information content (AvgIpc) is 3.47. The Morgan fingerprint density at radius 3 is 2.29 bits per heavy atom. The summed E-state index contributed by atoms with van der Waals surface area (Å²) in [4.78, 5) is 64.8. The van der Waals surface area contributed by atoms with Crippen LogP contribution in [0.1, 0.15) is 81.5 Å². The lowest BCUT2D eigenvalue weighted by molar-refractivity contribution is -0.135. The zero-order valence-corrected chi connectivity index (χ0v) is 35.4. The molecular weight excluding hydrogens is 794 g/mol. The van der Waals surface area contributed by atoms with E-state index in [4.69, 9.17) is 11.6 Å². The van der Waals surface area contributed by atoms with E-state index in [-0.39, 0.29) is 46.5 Å². The largest absolute Gasteiger partial charge is 0.329 e. The SMILES string of the molecule is Cc1cc(S(=O)(=O)C2CCN(CCN3CCC(c4cccc5c4n(C)c(=O)n5C4CCC(=O)NC4=O)CC3)CC2)ccc1Nc1ncc2cc(Cl)c(=O)n(C(C)C)c2n1. The minimum atomic E-state index is -3.55. The van der Waals surface area contributed by atoms with Crippen molar-refractivity contribution in [1.82, 2.24) is 38.8 Å². The molecule has 2 amide bonds. The molecule has 312 valence electrons. The van der Waals surface area contributed by atoms with Gasteiger partial charge in [-0.05, 0) is 126 Å². The number of aryl methyl sites for hydroxylation is 2. The number of halogens is 1. The monoisotopic (exact) mass is 843 g/mol. The van der Waals surface area contributed by atoms with Gasteiger partial charge >= 0.3 is 5.69 Å². The van der Waals surface area contributed by atoms with Crippen molar-refractivity contribution in [2.75, 3.05) is 44.6 Å². The lowest BCUT2D eigenvalue weighted by Crippen LogP contribution is -2.44. The number of carbonyl (C=O) groups is 2. The lowest BCUT2D eigenvalue weighted by Gasteiger charge is -2.36. The first-order valence-corrected chi connectivity index (χ1v) is 22.3. The number of amides is 2. The summed E-state index contributed by atoms with van der Waals surface area (Å²) in [5.41, 5.74) is 3.97. The first-order valence-electron chi connectivity index (χ1n) is 20.4. The Labute approximate surface area is 347 Å². The van der Waals surface area contributed by atoms with Gasteiger partial charge in [0.15, 0.2) is 9.84 Å². The van der Waals surface area contributed by atoms with Crippen LogP contribution in [-0.2, 0) is 26.5 Å². The molecule has 0 saturated carbocycles. The van der Waals surface area contributed by atoms with Crippen LogP contribution < -0.4 is 21.9 Å². The standard InChI is InChI=1S/C42H50ClN9O6S/c1-25(2)51-38-28(23-32(43)40(51)55)24-44-41(47-38)45-33-9-8-30(22-26(33)3)59(57,58)29-14-18-50(19-15-29)21-20-49-16-12-27(13-17-49)31-6-5-7-34-37(31)48(4)42(56)52(34)35-10-11-36(53)46-39(35)54/h5-9,22-25,27,29,35H,10-21H2,1-4H3,(H,44,45,47)(H,46,53,54). The van der Waals surface area contributed by atoms with Gasteiger partial charge in [0.05, 0.1) is 21.2 Å². The van der Waals surface area contributed by atoms with E-state index in [9.17, 15) is 27.6 Å². The number of carbonyl (C=O) groups excluding carboxylic acids is 2. The third-order valence-electron chi connectivity index (χ3n) is 12.4. The molecule has 0 aliphatic carbocycles. The molecule has 59 heavy (non-hydrogen) atoms. The van der Waals surface area contributed by atoms with Gasteiger partial charge in [0.25, 0.3) is 5.56 Å². The number of nitrogens with zero attached hydrogens (tertiary/aromatic N) is 7. The number of sulfone groups is 1. The fourth-order valence-electron chi connectivity index (χ4n) is 9.11. The second-order valence-corrected chi connectivity index (χ2v) is 19.1. The number of benzene rings is 2. The number of likely N-dealkylation sites (tertiary alicyclic amines) is 2. The number of rotatable bonds is 10. The molecule has 2 N–H and O–H groups in total. The van der Waals surface area contributed by atoms with Crippen LogP contribution in [-0.4, -0.2) is 98.2 Å². The summed E-state index contributed by atoms with van der Waals surface area (Å²) in [5.74, 6) is -0.187. The van der Waals surface area contributed by atoms with E-state index < -0.39 is 27.0 Å². The smallest absolute Gasteiger partial charge is 0.324 e. The van der Waals surface area contributed by atoms with Crippen LogP contribution in [0.2, 0.25) is 5.02 Å². The predicted octanol–water partition coefficient (Wildman–Crippen LogP) is 4.83. The van der Waals surface area contributed by atoms with Crippen molar-refractivity contribution in [3.8, 4) is 0 Å². The Balaban J connectivity index is 0.848. The Hall–Kier alpha value is -4.90. The number of para-hydroxylation sites is 1. The highest BCUT2D eigenvalue weighted by Crippen LogP contribution is 2.35. The Morgan fingerprint density at radius 1 is 0.932 bits per heavy atom. The van der Waals surface area contributed by atoms with Crippen molar-refractivity contribution < 1.29 is 18.0 Å². The molecule has 0 bridgehead atoms. The highest BCUT2D eigenvalue weighted by Gasteiger charge is 2.34. The van der Waals surface area contributed by atoms with Crippen molar-refractivity contribution in [2.45, 2.75) is 87.4 Å². The number of aromatic nitrogens is 5. The van der Waals surface area contributed by atoms with Crippen LogP contribution in [0.15, 0.2) is 63.1 Å². The van der Waals surface area contributed by atoms with E-state index in [0.29, 0.717) is 54.0 Å². The van der Waals surface area contributed by atoms with Gasteiger partial charge in [-0.15, -0.1) is 0 Å². The van der Waals surface area contributed by atoms with Gasteiger partial charge in [-0.2, -0.15) is 4.98 Å². The summed E-state index contributed by atoms with van der Waals surface area (Å²) in [6.45, 7) is 10.6. The first kappa shape index (κ1) is 40.9. The molecule has 5 aromatic rings. The quantitative estimate of drug-likeness (QED) is 0.185. The molecule has 3 aliphatic heterocycles. The fraction of sp³-hybridized carbons (Fsp3) is 0.476. The zero-order valence-electron chi connectivity index (χ0n) is 33.8. The molecule has 1 atom stereocenters. The van der Waals surface area contributed by atoms with E-state index in [2.05, 4.69) is 36.5 Å². The van der Waals surface area contributed by atoms with Gasteiger partial charge < -0.3 is 15.1 Å². The van der Waals surface area contributed by atoms with Crippen molar-refractivity contribution in [1.29, 1.82) is 0 Å². The van der Waals surface area contributed by atoms with E-state index in [1.165, 1.54) is 4.57 Å². The molecule has 17 heteroatoms. The summed E-state index contributed by atoms with van der Waals surface area (Å²) < 4.78 is 32.4. The third-order valence-corrected chi connectivity index (χ3v) is 14.9. The highest BCUT2D eigenvalue weighted by molar-refractivity contribution is 7.92. The van der Waals surface area contributed by atoms with E-state index >= 15 is 0 Å². The van der Waals surface area contributed by atoms with Gasteiger partial charge in [0.2, 0.25) is 17.8 Å². The minimum Gasteiger partial charge on any atom is -0.324 e. The number of hydrogen-bond acceptors (Lipinski definition) is 11. The van der Waals surface area contributed by atoms with Crippen LogP contribution in [0.3, 0.4) is 0 Å². The predicted molar refractivity (Wildman–Crippen MR) is 227 cm³/mol. The van der Waals surface area contributed by atoms with E-state index in [1.807, 2.05) is 32.9 Å². The van der Waals surface area contributed by atoms with Crippen molar-refractivity contribution in [3.05, 3.63) is 85.6 Å². The van der Waals surface area contributed by atoms with Gasteiger partial charge in [0, 0.05) is 49.9 Å². The Bertz CT molecular complexity index is 2690. The van der Waals surface area contributed by atoms with Crippen molar-refractivity contribution in [2.24, 2.45) is 7.05 Å². The number of imide groups is 1. The first-order chi connectivity index (χ1) is 28.2. The van der Waals surface area contributed by atoms with Crippen LogP contribution in [0, 0.1) is 6.92 Å². The minimum absolute atomic E-state index is 0.104. The number of anilines is 2. The Morgan fingerprint density at radius 2 is 1.63 bits per heavy atom. The van der Waals surface area contributed by atoms with Crippen molar-refractivity contribution in [3.63, 3.8) is 0 Å². The van der Waals surface area contributed by atoms with Crippen LogP contribution in [0.4, 0.5) is 11.6 Å². The topological polar surface area (TPSA) is 174 Å². The molecule has 3 aromatic heterocycles. The molecule has 0 spiro atoms. The zero-order chi connectivity index (χ0) is 41.7. The maximum Gasteiger partial charge on any atom is 0.329 e. The fourth-order valence-corrected chi connectivity index (χ4v) is 11.1. The van der Waals surface area contributed by atoms with Crippen LogP contribution in [0.5, 0.6) is 0 Å². The van der Waals surface area contributed by atoms with Gasteiger partial charge in [-0.1, -0.05) is 23.7 Å². The molecule has 6 heterocycles. The summed E-state index contributed by atoms with van der Waals surface area (Å²) in [6.07, 6.45) is 5.13. The Kier molecular flexibility index (Phi) is 11.3. The summed E-state index contributed by atoms with van der Waals surface area (Å²) in [7, 11) is -1.80.